The highest BCUT2D eigenvalue weighted by Gasteiger charge is 2.40. The fraction of sp³-hybridized carbons (Fsp3) is 1.00. The van der Waals surface area contributed by atoms with Crippen LogP contribution in [0.4, 0.5) is 0 Å². The summed E-state index contributed by atoms with van der Waals surface area (Å²) in [7, 11) is 0. The summed E-state index contributed by atoms with van der Waals surface area (Å²) >= 11 is 0. The van der Waals surface area contributed by atoms with Gasteiger partial charge in [-0.2, -0.15) is 0 Å². The lowest BCUT2D eigenvalue weighted by Gasteiger charge is -2.05. The minimum Gasteiger partial charge on any atom is -0.0630 e. The third kappa shape index (κ3) is 59.2. The molecule has 0 aromatic rings. The van der Waals surface area contributed by atoms with E-state index in [1.54, 1.807) is 0 Å². The minimum atomic E-state index is 0.833. The molecule has 3 aliphatic rings. The molecule has 2 unspecified atom stereocenters. The Morgan fingerprint density at radius 3 is 0.444 bits per heavy atom. The standard InChI is InChI=1S/C9H18.C6H12.C5H10.4C4H10/c1-6(2)8-5-9(8)7(3)4;1-2-4-6-5-3-1;1-2-4-5-3-1;4*1-4(2)3/h6-9H,5H2,1-4H3;1-6H2;1-5H2;4*4H,1-3H3. The monoisotopic (exact) mass is 513 g/mol. The molecule has 0 nitrogen and oxygen atoms in total. The molecule has 0 saturated heterocycles. The van der Waals surface area contributed by atoms with Gasteiger partial charge < -0.3 is 0 Å². The molecule has 0 aromatic heterocycles. The predicted molar refractivity (Wildman–Crippen MR) is 174 cm³/mol. The van der Waals surface area contributed by atoms with E-state index >= 15 is 0 Å². The quantitative estimate of drug-likeness (QED) is 0.345. The Kier molecular flexibility index (Phi) is 37.3. The number of hydrogen-bond donors (Lipinski definition) is 0. The van der Waals surface area contributed by atoms with Crippen molar-refractivity contribution in [3.63, 3.8) is 0 Å². The van der Waals surface area contributed by atoms with Gasteiger partial charge >= 0.3 is 0 Å². The molecule has 0 aliphatic heterocycles. The molecule has 36 heavy (non-hydrogen) atoms. The maximum Gasteiger partial charge on any atom is -0.0357 e. The Labute approximate surface area is 235 Å². The normalized spacial score (nSPS) is 19.8. The third-order valence-electron chi connectivity index (χ3n) is 5.35. The molecule has 0 amide bonds. The van der Waals surface area contributed by atoms with Crippen molar-refractivity contribution in [3.05, 3.63) is 0 Å². The van der Waals surface area contributed by atoms with Gasteiger partial charge in [-0.1, -0.05) is 181 Å². The topological polar surface area (TPSA) is 0 Å². The lowest BCUT2D eigenvalue weighted by molar-refractivity contribution is 0.448. The maximum absolute atomic E-state index is 2.34. The smallest absolute Gasteiger partial charge is 0.0357 e. The first kappa shape index (κ1) is 43.1. The lowest BCUT2D eigenvalue weighted by Crippen LogP contribution is -1.97. The van der Waals surface area contributed by atoms with Gasteiger partial charge in [0.25, 0.3) is 0 Å². The molecule has 0 N–H and O–H groups in total. The van der Waals surface area contributed by atoms with E-state index in [2.05, 4.69) is 111 Å². The van der Waals surface area contributed by atoms with Crippen molar-refractivity contribution in [2.75, 3.05) is 0 Å². The molecule has 0 bridgehead atoms. The molecular weight excluding hydrogens is 432 g/mol. The van der Waals surface area contributed by atoms with Gasteiger partial charge in [-0.25, -0.2) is 0 Å². The van der Waals surface area contributed by atoms with E-state index in [-0.39, 0.29) is 0 Å². The highest BCUT2D eigenvalue weighted by molar-refractivity contribution is 4.89. The second-order valence-electron chi connectivity index (χ2n) is 14.9. The predicted octanol–water partition coefficient (Wildman–Crippen LogP) is 13.9. The Hall–Kier alpha value is 0. The van der Waals surface area contributed by atoms with Crippen LogP contribution in [0.15, 0.2) is 0 Å². The van der Waals surface area contributed by atoms with Crippen molar-refractivity contribution in [2.24, 2.45) is 47.3 Å². The van der Waals surface area contributed by atoms with Gasteiger partial charge in [-0.15, -0.1) is 0 Å². The van der Waals surface area contributed by atoms with Gasteiger partial charge in [0.05, 0.1) is 0 Å². The van der Waals surface area contributed by atoms with E-state index < -0.39 is 0 Å². The van der Waals surface area contributed by atoms with Crippen molar-refractivity contribution >= 4 is 0 Å². The number of hydrogen-bond acceptors (Lipinski definition) is 0. The Morgan fingerprint density at radius 2 is 0.389 bits per heavy atom. The highest BCUT2D eigenvalue weighted by atomic mass is 14.5. The molecule has 0 heterocycles. The molecule has 0 aromatic carbocycles. The van der Waals surface area contributed by atoms with Gasteiger partial charge in [0.1, 0.15) is 0 Å². The first-order valence-electron chi connectivity index (χ1n) is 16.6. The van der Waals surface area contributed by atoms with E-state index in [0.29, 0.717) is 0 Å². The minimum absolute atomic E-state index is 0.833. The van der Waals surface area contributed by atoms with E-state index in [4.69, 9.17) is 0 Å². The molecule has 3 fully saturated rings. The lowest BCUT2D eigenvalue weighted by atomic mass is 10.0. The molecular formula is C36H80. The van der Waals surface area contributed by atoms with Crippen molar-refractivity contribution in [3.8, 4) is 0 Å². The second kappa shape index (κ2) is 31.2. The summed E-state index contributed by atoms with van der Waals surface area (Å²) in [6, 6.07) is 0. The van der Waals surface area contributed by atoms with Crippen LogP contribution in [0.25, 0.3) is 0 Å². The SMILES string of the molecule is C1CCCC1.C1CCCCC1.CC(C)C.CC(C)C.CC(C)C.CC(C)C.CC(C)C1CC1C(C)C. The summed E-state index contributed by atoms with van der Waals surface area (Å²) < 4.78 is 0. The summed E-state index contributed by atoms with van der Waals surface area (Å²) in [5, 5.41) is 0. The van der Waals surface area contributed by atoms with E-state index in [9.17, 15) is 0 Å². The molecule has 0 radical (unpaired) electrons. The Morgan fingerprint density at radius 1 is 0.278 bits per heavy atom. The van der Waals surface area contributed by atoms with Crippen molar-refractivity contribution in [1.82, 2.24) is 0 Å². The molecule has 3 saturated carbocycles. The Balaban J connectivity index is -0.000000171. The Bertz CT molecular complexity index is 286. The third-order valence-corrected chi connectivity index (χ3v) is 5.35. The van der Waals surface area contributed by atoms with Crippen LogP contribution >= 0.6 is 0 Å². The summed E-state index contributed by atoms with van der Waals surface area (Å²) in [5.41, 5.74) is 0. The van der Waals surface area contributed by atoms with Crippen molar-refractivity contribution in [2.45, 2.75) is 188 Å². The molecule has 0 spiro atoms. The number of rotatable bonds is 2. The van der Waals surface area contributed by atoms with Gasteiger partial charge in [-0.05, 0) is 53.8 Å². The van der Waals surface area contributed by atoms with Crippen LogP contribution in [-0.4, -0.2) is 0 Å². The molecule has 3 rings (SSSR count). The van der Waals surface area contributed by atoms with Gasteiger partial charge in [0.15, 0.2) is 0 Å². The maximum atomic E-state index is 2.34. The first-order chi connectivity index (χ1) is 16.6. The van der Waals surface area contributed by atoms with Crippen molar-refractivity contribution < 1.29 is 0 Å². The van der Waals surface area contributed by atoms with Crippen LogP contribution in [-0.2, 0) is 0 Å². The zero-order chi connectivity index (χ0) is 29.1. The van der Waals surface area contributed by atoms with Gasteiger partial charge in [0, 0.05) is 0 Å². The average Bonchev–Trinajstić information content (AvgIpc) is 3.31. The van der Waals surface area contributed by atoms with Crippen LogP contribution in [0.5, 0.6) is 0 Å². The first-order valence-corrected chi connectivity index (χ1v) is 16.6. The van der Waals surface area contributed by atoms with Crippen molar-refractivity contribution in [1.29, 1.82) is 0 Å². The highest BCUT2D eigenvalue weighted by Crippen LogP contribution is 2.48. The zero-order valence-corrected chi connectivity index (χ0v) is 29.1. The van der Waals surface area contributed by atoms with Crippen LogP contribution < -0.4 is 0 Å². The van der Waals surface area contributed by atoms with Gasteiger partial charge in [0.2, 0.25) is 0 Å². The van der Waals surface area contributed by atoms with E-state index in [0.717, 1.165) is 47.3 Å². The summed E-state index contributed by atoms with van der Waals surface area (Å²) in [5.74, 6) is 7.31. The summed E-state index contributed by atoms with van der Waals surface area (Å²) in [4.78, 5) is 0. The molecule has 3 aliphatic carbocycles. The average molecular weight is 513 g/mol. The summed E-state index contributed by atoms with van der Waals surface area (Å²) in [6.07, 6.45) is 18.0. The molecule has 224 valence electrons. The van der Waals surface area contributed by atoms with E-state index in [1.807, 2.05) is 0 Å². The van der Waals surface area contributed by atoms with Crippen LogP contribution in [0, 0.1) is 47.3 Å². The summed E-state index contributed by atoms with van der Waals surface area (Å²) in [6.45, 7) is 35.4. The fourth-order valence-electron chi connectivity index (χ4n) is 3.71. The zero-order valence-electron chi connectivity index (χ0n) is 29.1. The van der Waals surface area contributed by atoms with E-state index in [1.165, 1.54) is 77.0 Å². The van der Waals surface area contributed by atoms with Gasteiger partial charge in [-0.3, -0.25) is 0 Å². The van der Waals surface area contributed by atoms with Crippen LogP contribution in [0.1, 0.15) is 188 Å². The second-order valence-corrected chi connectivity index (χ2v) is 14.9. The largest absolute Gasteiger partial charge is 0.0630 e. The molecule has 0 heteroatoms. The van der Waals surface area contributed by atoms with Crippen LogP contribution in [0.2, 0.25) is 0 Å². The molecule has 2 atom stereocenters. The fourth-order valence-corrected chi connectivity index (χ4v) is 3.71. The van der Waals surface area contributed by atoms with Crippen LogP contribution in [0.3, 0.4) is 0 Å².